The predicted octanol–water partition coefficient (Wildman–Crippen LogP) is 3.47. The summed E-state index contributed by atoms with van der Waals surface area (Å²) in [5, 5.41) is 0.713. The van der Waals surface area contributed by atoms with Gasteiger partial charge in [-0.3, -0.25) is 0 Å². The Labute approximate surface area is 122 Å². The van der Waals surface area contributed by atoms with Crippen LogP contribution in [0.2, 0.25) is 5.02 Å². The molecule has 0 saturated carbocycles. The van der Waals surface area contributed by atoms with Crippen molar-refractivity contribution in [2.24, 2.45) is 0 Å². The number of anilines is 1. The first-order chi connectivity index (χ1) is 9.65. The predicted molar refractivity (Wildman–Crippen MR) is 78.5 cm³/mol. The third-order valence-corrected chi connectivity index (χ3v) is 3.07. The maximum atomic E-state index is 6.07. The van der Waals surface area contributed by atoms with Crippen LogP contribution in [0.3, 0.4) is 0 Å². The summed E-state index contributed by atoms with van der Waals surface area (Å²) in [4.78, 5) is 7.98. The van der Waals surface area contributed by atoms with Crippen LogP contribution in [0.15, 0.2) is 24.5 Å². The summed E-state index contributed by atoms with van der Waals surface area (Å²) in [5.41, 5.74) is 7.20. The van der Waals surface area contributed by atoms with Crippen molar-refractivity contribution in [3.05, 3.63) is 35.1 Å². The minimum Gasteiger partial charge on any atom is -0.476 e. The molecule has 20 heavy (non-hydrogen) atoms. The highest BCUT2D eigenvalue weighted by atomic mass is 35.5. The van der Waals surface area contributed by atoms with Crippen LogP contribution < -0.4 is 15.2 Å². The second-order valence-electron chi connectivity index (χ2n) is 4.04. The van der Waals surface area contributed by atoms with E-state index in [1.54, 1.807) is 12.1 Å². The van der Waals surface area contributed by atoms with Gasteiger partial charge in [-0.1, -0.05) is 18.5 Å². The second-order valence-corrected chi connectivity index (χ2v) is 4.45. The fourth-order valence-electron chi connectivity index (χ4n) is 1.69. The van der Waals surface area contributed by atoms with Gasteiger partial charge in [-0.15, -0.1) is 0 Å². The van der Waals surface area contributed by atoms with E-state index < -0.39 is 0 Å². The van der Waals surface area contributed by atoms with Gasteiger partial charge < -0.3 is 15.2 Å². The number of nitrogen functional groups attached to an aromatic ring is 1. The van der Waals surface area contributed by atoms with Crippen LogP contribution in [0.25, 0.3) is 0 Å². The largest absolute Gasteiger partial charge is 0.476 e. The molecule has 106 valence electrons. The molecule has 0 spiro atoms. The van der Waals surface area contributed by atoms with Crippen LogP contribution >= 0.6 is 11.6 Å². The zero-order valence-corrected chi connectivity index (χ0v) is 12.1. The van der Waals surface area contributed by atoms with Gasteiger partial charge in [0, 0.05) is 5.02 Å². The Morgan fingerprint density at radius 2 is 1.95 bits per heavy atom. The van der Waals surface area contributed by atoms with Crippen molar-refractivity contribution in [1.29, 1.82) is 0 Å². The first-order valence-corrected chi connectivity index (χ1v) is 6.73. The fourth-order valence-corrected chi connectivity index (χ4v) is 1.95. The number of aryl methyl sites for hydroxylation is 1. The zero-order chi connectivity index (χ0) is 14.5. The Bertz CT molecular complexity index is 605. The first kappa shape index (κ1) is 14.4. The molecule has 0 aliphatic rings. The summed E-state index contributed by atoms with van der Waals surface area (Å²) < 4.78 is 11.0. The molecule has 0 aliphatic carbocycles. The van der Waals surface area contributed by atoms with Gasteiger partial charge in [0.05, 0.1) is 6.61 Å². The molecule has 0 amide bonds. The standard InChI is InChI=1S/C14H16ClN3O2/c1-3-9-7-10(5-6-11(9)15)20-14-12(16)13(19-4-2)17-8-18-14/h5-8H,3-4,16H2,1-2H3. The monoisotopic (exact) mass is 293 g/mol. The molecule has 0 saturated heterocycles. The van der Waals surface area contributed by atoms with Crippen molar-refractivity contribution in [2.45, 2.75) is 20.3 Å². The molecule has 0 aliphatic heterocycles. The normalized spacial score (nSPS) is 10.3. The minimum atomic E-state index is 0.271. The van der Waals surface area contributed by atoms with Crippen LogP contribution in [0.5, 0.6) is 17.5 Å². The molecule has 1 aromatic heterocycles. The van der Waals surface area contributed by atoms with Gasteiger partial charge in [-0.05, 0) is 37.1 Å². The Morgan fingerprint density at radius 3 is 2.65 bits per heavy atom. The molecule has 1 heterocycles. The number of hydrogen-bond acceptors (Lipinski definition) is 5. The highest BCUT2D eigenvalue weighted by molar-refractivity contribution is 6.31. The molecule has 5 nitrogen and oxygen atoms in total. The van der Waals surface area contributed by atoms with E-state index in [9.17, 15) is 0 Å². The van der Waals surface area contributed by atoms with Gasteiger partial charge in [0.2, 0.25) is 11.8 Å². The number of benzene rings is 1. The Hall–Kier alpha value is -2.01. The molecular weight excluding hydrogens is 278 g/mol. The molecule has 0 bridgehead atoms. The lowest BCUT2D eigenvalue weighted by Crippen LogP contribution is -2.03. The van der Waals surface area contributed by atoms with Crippen LogP contribution in [-0.2, 0) is 6.42 Å². The van der Waals surface area contributed by atoms with Crippen molar-refractivity contribution in [3.8, 4) is 17.5 Å². The summed E-state index contributed by atoms with van der Waals surface area (Å²) in [5.74, 6) is 1.22. The molecule has 1 aromatic carbocycles. The smallest absolute Gasteiger partial charge is 0.249 e. The van der Waals surface area contributed by atoms with Gasteiger partial charge in [0.1, 0.15) is 12.1 Å². The summed E-state index contributed by atoms with van der Waals surface area (Å²) in [6.07, 6.45) is 2.17. The zero-order valence-electron chi connectivity index (χ0n) is 11.4. The fraction of sp³-hybridized carbons (Fsp3) is 0.286. The van der Waals surface area contributed by atoms with Gasteiger partial charge in [0.15, 0.2) is 5.69 Å². The van der Waals surface area contributed by atoms with E-state index in [1.807, 2.05) is 19.9 Å². The molecule has 0 atom stereocenters. The second kappa shape index (κ2) is 6.43. The molecule has 6 heteroatoms. The number of aromatic nitrogens is 2. The Morgan fingerprint density at radius 1 is 1.20 bits per heavy atom. The first-order valence-electron chi connectivity index (χ1n) is 6.35. The van der Waals surface area contributed by atoms with Gasteiger partial charge in [0.25, 0.3) is 0 Å². The van der Waals surface area contributed by atoms with Gasteiger partial charge in [-0.25, -0.2) is 0 Å². The molecule has 2 rings (SSSR count). The Kier molecular flexibility index (Phi) is 4.63. The Balaban J connectivity index is 2.28. The highest BCUT2D eigenvalue weighted by Crippen LogP contribution is 2.32. The van der Waals surface area contributed by atoms with Crippen molar-refractivity contribution in [2.75, 3.05) is 12.3 Å². The van der Waals surface area contributed by atoms with Crippen LogP contribution in [0.1, 0.15) is 19.4 Å². The van der Waals surface area contributed by atoms with Crippen LogP contribution in [0, 0.1) is 0 Å². The average Bonchev–Trinajstić information content (AvgIpc) is 2.45. The van der Waals surface area contributed by atoms with Crippen molar-refractivity contribution in [1.82, 2.24) is 9.97 Å². The number of rotatable bonds is 5. The maximum absolute atomic E-state index is 6.07. The summed E-state index contributed by atoms with van der Waals surface area (Å²) in [6.45, 7) is 4.35. The van der Waals surface area contributed by atoms with E-state index in [-0.39, 0.29) is 11.6 Å². The van der Waals surface area contributed by atoms with E-state index in [4.69, 9.17) is 26.8 Å². The summed E-state index contributed by atoms with van der Waals surface area (Å²) in [6, 6.07) is 5.42. The molecular formula is C14H16ClN3O2. The maximum Gasteiger partial charge on any atom is 0.249 e. The van der Waals surface area contributed by atoms with Crippen molar-refractivity contribution >= 4 is 17.3 Å². The minimum absolute atomic E-state index is 0.271. The van der Waals surface area contributed by atoms with E-state index in [1.165, 1.54) is 6.33 Å². The summed E-state index contributed by atoms with van der Waals surface area (Å²) in [7, 11) is 0. The SMILES string of the molecule is CCOc1ncnc(Oc2ccc(Cl)c(CC)c2)c1N. The topological polar surface area (TPSA) is 70.3 Å². The third kappa shape index (κ3) is 3.11. The number of hydrogen-bond donors (Lipinski definition) is 1. The molecule has 0 fully saturated rings. The lowest BCUT2D eigenvalue weighted by atomic mass is 10.1. The van der Waals surface area contributed by atoms with Crippen LogP contribution in [-0.4, -0.2) is 16.6 Å². The summed E-state index contributed by atoms with van der Waals surface area (Å²) >= 11 is 6.07. The average molecular weight is 294 g/mol. The van der Waals surface area contributed by atoms with Gasteiger partial charge >= 0.3 is 0 Å². The van der Waals surface area contributed by atoms with E-state index in [0.717, 1.165) is 12.0 Å². The van der Waals surface area contributed by atoms with E-state index in [2.05, 4.69) is 9.97 Å². The lowest BCUT2D eigenvalue weighted by molar-refractivity contribution is 0.325. The molecule has 2 aromatic rings. The number of halogens is 1. The van der Waals surface area contributed by atoms with E-state index >= 15 is 0 Å². The number of ether oxygens (including phenoxy) is 2. The lowest BCUT2D eigenvalue weighted by Gasteiger charge is -2.11. The molecule has 2 N–H and O–H groups in total. The quantitative estimate of drug-likeness (QED) is 0.914. The molecule has 0 radical (unpaired) electrons. The number of nitrogens with two attached hydrogens (primary N) is 1. The van der Waals surface area contributed by atoms with Gasteiger partial charge in [-0.2, -0.15) is 9.97 Å². The third-order valence-electron chi connectivity index (χ3n) is 2.70. The molecule has 0 unspecified atom stereocenters. The van der Waals surface area contributed by atoms with Crippen LogP contribution in [0.4, 0.5) is 5.69 Å². The van der Waals surface area contributed by atoms with Crippen molar-refractivity contribution < 1.29 is 9.47 Å². The highest BCUT2D eigenvalue weighted by Gasteiger charge is 2.11. The van der Waals surface area contributed by atoms with Crippen molar-refractivity contribution in [3.63, 3.8) is 0 Å². The van der Waals surface area contributed by atoms with E-state index in [0.29, 0.717) is 23.3 Å². The number of nitrogens with zero attached hydrogens (tertiary/aromatic N) is 2.